The number of aromatic nitrogens is 2. The van der Waals surface area contributed by atoms with Crippen LogP contribution in [0.2, 0.25) is 0 Å². The van der Waals surface area contributed by atoms with Crippen LogP contribution in [0.25, 0.3) is 10.2 Å². The molecule has 0 saturated heterocycles. The number of hydrogen-bond donors (Lipinski definition) is 1. The topological polar surface area (TPSA) is 72.3 Å². The molecular formula is C12H8N2O3S2. The Balaban J connectivity index is 1.98. The number of carboxylic acids is 1. The van der Waals surface area contributed by atoms with E-state index in [9.17, 15) is 4.79 Å². The van der Waals surface area contributed by atoms with Crippen molar-refractivity contribution in [3.05, 3.63) is 33.6 Å². The lowest BCUT2D eigenvalue weighted by molar-refractivity contribution is 0.0702. The third-order valence-electron chi connectivity index (χ3n) is 2.42. The Kier molecular flexibility index (Phi) is 2.92. The van der Waals surface area contributed by atoms with Crippen LogP contribution in [0.15, 0.2) is 23.8 Å². The summed E-state index contributed by atoms with van der Waals surface area (Å²) in [5.74, 6) is -0.0330. The van der Waals surface area contributed by atoms with Gasteiger partial charge in [0.2, 0.25) is 5.88 Å². The monoisotopic (exact) mass is 292 g/mol. The van der Waals surface area contributed by atoms with E-state index in [1.165, 1.54) is 12.4 Å². The van der Waals surface area contributed by atoms with Gasteiger partial charge in [-0.2, -0.15) is 0 Å². The van der Waals surface area contributed by atoms with Gasteiger partial charge in [-0.05, 0) is 13.0 Å². The van der Waals surface area contributed by atoms with Crippen LogP contribution in [0.4, 0.5) is 0 Å². The first-order valence-electron chi connectivity index (χ1n) is 5.34. The van der Waals surface area contributed by atoms with E-state index in [-0.39, 0.29) is 4.88 Å². The molecule has 0 radical (unpaired) electrons. The number of fused-ring (bicyclic) bond motifs is 1. The first-order chi connectivity index (χ1) is 9.13. The smallest absolute Gasteiger partial charge is 0.346 e. The molecule has 0 aliphatic carbocycles. The van der Waals surface area contributed by atoms with E-state index in [1.807, 2.05) is 13.0 Å². The average molecular weight is 292 g/mol. The molecule has 7 heteroatoms. The van der Waals surface area contributed by atoms with Crippen LogP contribution in [0.5, 0.6) is 11.6 Å². The number of nitrogens with zero attached hydrogens (tertiary/aromatic N) is 2. The number of hydrogen-bond acceptors (Lipinski definition) is 6. The van der Waals surface area contributed by atoms with Gasteiger partial charge < -0.3 is 9.84 Å². The zero-order chi connectivity index (χ0) is 13.4. The van der Waals surface area contributed by atoms with Crippen molar-refractivity contribution in [1.82, 2.24) is 9.97 Å². The van der Waals surface area contributed by atoms with Gasteiger partial charge in [-0.3, -0.25) is 0 Å². The summed E-state index contributed by atoms with van der Waals surface area (Å²) in [5, 5.41) is 11.4. The fraction of sp³-hybridized carbons (Fsp3) is 0.0833. The van der Waals surface area contributed by atoms with E-state index < -0.39 is 5.97 Å². The van der Waals surface area contributed by atoms with E-state index in [4.69, 9.17) is 9.84 Å². The normalized spacial score (nSPS) is 10.8. The molecule has 3 heterocycles. The molecule has 0 bridgehead atoms. The van der Waals surface area contributed by atoms with Gasteiger partial charge in [0.1, 0.15) is 21.8 Å². The number of thiophene rings is 2. The maximum absolute atomic E-state index is 10.8. The summed E-state index contributed by atoms with van der Waals surface area (Å²) in [6, 6.07) is 3.44. The van der Waals surface area contributed by atoms with Gasteiger partial charge in [0.05, 0.1) is 5.39 Å². The van der Waals surface area contributed by atoms with Crippen molar-refractivity contribution in [1.29, 1.82) is 0 Å². The summed E-state index contributed by atoms with van der Waals surface area (Å²) in [7, 11) is 0. The van der Waals surface area contributed by atoms with Gasteiger partial charge >= 0.3 is 5.97 Å². The van der Waals surface area contributed by atoms with Crippen LogP contribution in [0.1, 0.15) is 14.5 Å². The minimum absolute atomic E-state index is 0.238. The lowest BCUT2D eigenvalue weighted by atomic mass is 10.3. The molecule has 0 saturated carbocycles. The molecule has 1 N–H and O–H groups in total. The van der Waals surface area contributed by atoms with E-state index in [0.29, 0.717) is 11.6 Å². The lowest BCUT2D eigenvalue weighted by Gasteiger charge is -2.02. The molecule has 96 valence electrons. The Bertz CT molecular complexity index is 763. The second kappa shape index (κ2) is 4.60. The third-order valence-corrected chi connectivity index (χ3v) is 4.27. The molecule has 0 spiro atoms. The summed E-state index contributed by atoms with van der Waals surface area (Å²) >= 11 is 2.69. The zero-order valence-corrected chi connectivity index (χ0v) is 11.4. The number of aromatic carboxylic acids is 1. The first-order valence-corrected chi connectivity index (χ1v) is 7.04. The van der Waals surface area contributed by atoms with Gasteiger partial charge in [-0.15, -0.1) is 22.7 Å². The molecule has 0 aliphatic heterocycles. The second-order valence-electron chi connectivity index (χ2n) is 3.81. The fourth-order valence-corrected chi connectivity index (χ4v) is 3.11. The van der Waals surface area contributed by atoms with Crippen LogP contribution in [-0.4, -0.2) is 21.0 Å². The Morgan fingerprint density at radius 3 is 2.95 bits per heavy atom. The largest absolute Gasteiger partial charge is 0.477 e. The highest BCUT2D eigenvalue weighted by molar-refractivity contribution is 7.18. The minimum Gasteiger partial charge on any atom is -0.477 e. The molecule has 3 aromatic heterocycles. The summed E-state index contributed by atoms with van der Waals surface area (Å²) < 4.78 is 5.64. The number of carbonyl (C=O) groups is 1. The SMILES string of the molecule is Cc1cc2c(Oc3csc(C(=O)O)c3)ncnc2s1. The summed E-state index contributed by atoms with van der Waals surface area (Å²) in [6.45, 7) is 1.99. The maximum Gasteiger partial charge on any atom is 0.346 e. The molecule has 19 heavy (non-hydrogen) atoms. The number of aryl methyl sites for hydroxylation is 1. The van der Waals surface area contributed by atoms with Crippen LogP contribution in [0, 0.1) is 6.92 Å². The van der Waals surface area contributed by atoms with Crippen molar-refractivity contribution in [2.24, 2.45) is 0 Å². The predicted molar refractivity (Wildman–Crippen MR) is 73.5 cm³/mol. The Labute approximate surface area is 116 Å². The van der Waals surface area contributed by atoms with Crippen molar-refractivity contribution >= 4 is 38.9 Å². The molecule has 0 amide bonds. The highest BCUT2D eigenvalue weighted by Gasteiger charge is 2.12. The number of carboxylic acid groups (broad SMARTS) is 1. The van der Waals surface area contributed by atoms with Crippen LogP contribution in [0.3, 0.4) is 0 Å². The fourth-order valence-electron chi connectivity index (χ4n) is 1.63. The zero-order valence-electron chi connectivity index (χ0n) is 9.78. The van der Waals surface area contributed by atoms with Crippen molar-refractivity contribution in [3.8, 4) is 11.6 Å². The Hall–Kier alpha value is -1.99. The van der Waals surface area contributed by atoms with Crippen molar-refractivity contribution in [2.45, 2.75) is 6.92 Å². The predicted octanol–water partition coefficient (Wildman–Crippen LogP) is 3.55. The van der Waals surface area contributed by atoms with E-state index in [2.05, 4.69) is 9.97 Å². The summed E-state index contributed by atoms with van der Waals surface area (Å²) in [6.07, 6.45) is 1.44. The summed E-state index contributed by atoms with van der Waals surface area (Å²) in [5.41, 5.74) is 0. The molecule has 3 aromatic rings. The van der Waals surface area contributed by atoms with Crippen LogP contribution < -0.4 is 4.74 Å². The molecule has 0 atom stereocenters. The van der Waals surface area contributed by atoms with Crippen molar-refractivity contribution in [3.63, 3.8) is 0 Å². The van der Waals surface area contributed by atoms with E-state index in [1.54, 1.807) is 16.7 Å². The quantitative estimate of drug-likeness (QED) is 0.799. The number of rotatable bonds is 3. The molecule has 5 nitrogen and oxygen atoms in total. The Morgan fingerprint density at radius 2 is 2.21 bits per heavy atom. The third kappa shape index (κ3) is 2.29. The molecule has 0 aromatic carbocycles. The van der Waals surface area contributed by atoms with Crippen molar-refractivity contribution in [2.75, 3.05) is 0 Å². The van der Waals surface area contributed by atoms with Crippen molar-refractivity contribution < 1.29 is 14.6 Å². The van der Waals surface area contributed by atoms with Gasteiger partial charge in [0.15, 0.2) is 0 Å². The molecule has 0 aliphatic rings. The molecule has 0 unspecified atom stereocenters. The minimum atomic E-state index is -0.959. The lowest BCUT2D eigenvalue weighted by Crippen LogP contribution is -1.91. The van der Waals surface area contributed by atoms with Crippen LogP contribution in [-0.2, 0) is 0 Å². The maximum atomic E-state index is 10.8. The molecular weight excluding hydrogens is 284 g/mol. The van der Waals surface area contributed by atoms with Gasteiger partial charge in [-0.25, -0.2) is 14.8 Å². The number of ether oxygens (including phenoxy) is 1. The van der Waals surface area contributed by atoms with Gasteiger partial charge in [0, 0.05) is 16.3 Å². The van der Waals surface area contributed by atoms with Gasteiger partial charge in [-0.1, -0.05) is 0 Å². The highest BCUT2D eigenvalue weighted by Crippen LogP contribution is 2.33. The molecule has 3 rings (SSSR count). The first kappa shape index (κ1) is 12.1. The van der Waals surface area contributed by atoms with Crippen LogP contribution >= 0.6 is 22.7 Å². The van der Waals surface area contributed by atoms with Gasteiger partial charge in [0.25, 0.3) is 0 Å². The average Bonchev–Trinajstić information content (AvgIpc) is 2.95. The standard InChI is InChI=1S/C12H8N2O3S2/c1-6-2-8-10(13-5-14-11(8)19-6)17-7-3-9(12(15)16)18-4-7/h2-5H,1H3,(H,15,16). The van der Waals surface area contributed by atoms with E-state index >= 15 is 0 Å². The van der Waals surface area contributed by atoms with E-state index in [0.717, 1.165) is 26.4 Å². The molecule has 0 fully saturated rings. The Morgan fingerprint density at radius 1 is 1.37 bits per heavy atom. The highest BCUT2D eigenvalue weighted by atomic mass is 32.1. The summed E-state index contributed by atoms with van der Waals surface area (Å²) in [4.78, 5) is 21.3. The second-order valence-corrected chi connectivity index (χ2v) is 5.95.